The fraction of sp³-hybridized carbons (Fsp3) is 0.391. The van der Waals surface area contributed by atoms with E-state index >= 15 is 0 Å². The van der Waals surface area contributed by atoms with Gasteiger partial charge >= 0.3 is 0 Å². The molecular formula is C23H29N3O7S. The second-order valence-electron chi connectivity index (χ2n) is 7.83. The molecule has 0 atom stereocenters. The molecule has 2 amide bonds. The van der Waals surface area contributed by atoms with Crippen LogP contribution in [0.1, 0.15) is 5.56 Å². The zero-order valence-electron chi connectivity index (χ0n) is 19.4. The zero-order valence-corrected chi connectivity index (χ0v) is 20.3. The van der Waals surface area contributed by atoms with Crippen LogP contribution in [0.25, 0.3) is 0 Å². The molecule has 0 aliphatic carbocycles. The highest BCUT2D eigenvalue weighted by atomic mass is 32.2. The molecule has 0 saturated carbocycles. The van der Waals surface area contributed by atoms with Crippen molar-refractivity contribution < 1.29 is 32.2 Å². The second-order valence-corrected chi connectivity index (χ2v) is 9.73. The molecule has 0 unspecified atom stereocenters. The van der Waals surface area contributed by atoms with Crippen molar-refractivity contribution in [2.45, 2.75) is 11.3 Å². The Bertz CT molecular complexity index is 1110. The maximum Gasteiger partial charge on any atom is 0.259 e. The first-order chi connectivity index (χ1) is 16.2. The van der Waals surface area contributed by atoms with Gasteiger partial charge in [0.2, 0.25) is 15.9 Å². The Balaban J connectivity index is 1.66. The normalized spacial score (nSPS) is 14.3. The number of benzene rings is 2. The van der Waals surface area contributed by atoms with Crippen LogP contribution in [0, 0.1) is 0 Å². The highest BCUT2D eigenvalue weighted by Gasteiger charge is 2.29. The average molecular weight is 492 g/mol. The first kappa shape index (κ1) is 25.5. The molecule has 1 heterocycles. The van der Waals surface area contributed by atoms with E-state index in [0.29, 0.717) is 30.2 Å². The van der Waals surface area contributed by atoms with Crippen LogP contribution in [0.2, 0.25) is 0 Å². The van der Waals surface area contributed by atoms with E-state index in [1.54, 1.807) is 50.5 Å². The van der Waals surface area contributed by atoms with Gasteiger partial charge < -0.3 is 24.4 Å². The zero-order chi connectivity index (χ0) is 24.7. The van der Waals surface area contributed by atoms with Gasteiger partial charge in [0.15, 0.2) is 6.61 Å². The highest BCUT2D eigenvalue weighted by molar-refractivity contribution is 7.89. The number of ether oxygens (including phenoxy) is 3. The minimum atomic E-state index is -3.79. The van der Waals surface area contributed by atoms with Gasteiger partial charge in [-0.15, -0.1) is 0 Å². The van der Waals surface area contributed by atoms with Crippen LogP contribution in [0.5, 0.6) is 11.5 Å². The number of methoxy groups -OCH3 is 1. The summed E-state index contributed by atoms with van der Waals surface area (Å²) >= 11 is 0. The average Bonchev–Trinajstić information content (AvgIpc) is 2.83. The van der Waals surface area contributed by atoms with Crippen molar-refractivity contribution in [2.24, 2.45) is 0 Å². The van der Waals surface area contributed by atoms with E-state index in [2.05, 4.69) is 5.32 Å². The molecule has 1 fully saturated rings. The van der Waals surface area contributed by atoms with Crippen molar-refractivity contribution in [2.75, 3.05) is 59.4 Å². The number of amides is 2. The van der Waals surface area contributed by atoms with Crippen LogP contribution in [0.3, 0.4) is 0 Å². The molecule has 0 spiro atoms. The summed E-state index contributed by atoms with van der Waals surface area (Å²) in [4.78, 5) is 25.6. The summed E-state index contributed by atoms with van der Waals surface area (Å²) in [6.07, 6.45) is -0.0226. The third-order valence-electron chi connectivity index (χ3n) is 5.18. The molecule has 3 rings (SSSR count). The molecule has 0 radical (unpaired) electrons. The maximum atomic E-state index is 13.1. The number of rotatable bonds is 9. The molecule has 0 aromatic heterocycles. The summed E-state index contributed by atoms with van der Waals surface area (Å²) in [6, 6.07) is 11.3. The van der Waals surface area contributed by atoms with Crippen molar-refractivity contribution in [3.8, 4) is 11.5 Å². The van der Waals surface area contributed by atoms with Gasteiger partial charge in [0.25, 0.3) is 5.91 Å². The smallest absolute Gasteiger partial charge is 0.259 e. The number of hydrogen-bond acceptors (Lipinski definition) is 7. The van der Waals surface area contributed by atoms with Gasteiger partial charge in [0.1, 0.15) is 16.4 Å². The number of nitrogens with one attached hydrogen (secondary N) is 1. The fourth-order valence-corrected chi connectivity index (χ4v) is 4.87. The first-order valence-corrected chi connectivity index (χ1v) is 12.1. The van der Waals surface area contributed by atoms with E-state index in [0.717, 1.165) is 0 Å². The van der Waals surface area contributed by atoms with E-state index in [9.17, 15) is 18.0 Å². The lowest BCUT2D eigenvalue weighted by atomic mass is 10.1. The van der Waals surface area contributed by atoms with Gasteiger partial charge in [-0.1, -0.05) is 6.07 Å². The lowest BCUT2D eigenvalue weighted by molar-refractivity contribution is -0.130. The predicted molar refractivity (Wildman–Crippen MR) is 126 cm³/mol. The van der Waals surface area contributed by atoms with Crippen LogP contribution in [-0.4, -0.2) is 83.6 Å². The quantitative estimate of drug-likeness (QED) is 0.563. The van der Waals surface area contributed by atoms with Gasteiger partial charge in [-0.25, -0.2) is 8.42 Å². The molecular weight excluding hydrogens is 462 g/mol. The minimum absolute atomic E-state index is 0.0226. The van der Waals surface area contributed by atoms with E-state index < -0.39 is 10.0 Å². The van der Waals surface area contributed by atoms with Gasteiger partial charge in [0, 0.05) is 32.9 Å². The Labute approximate surface area is 199 Å². The Kier molecular flexibility index (Phi) is 8.48. The van der Waals surface area contributed by atoms with Crippen LogP contribution in [0.4, 0.5) is 5.69 Å². The number of nitrogens with zero attached hydrogens (tertiary/aromatic N) is 2. The lowest BCUT2D eigenvalue weighted by Crippen LogP contribution is -2.40. The molecule has 0 bridgehead atoms. The van der Waals surface area contributed by atoms with Crippen molar-refractivity contribution in [3.05, 3.63) is 48.0 Å². The third-order valence-corrected chi connectivity index (χ3v) is 7.10. The summed E-state index contributed by atoms with van der Waals surface area (Å²) in [7, 11) is 0.912. The standard InChI is InChI=1S/C23H29N3O7S/c1-25(2)23(28)16-33-19-7-5-18(6-8-19)24-22(27)15-17-4-9-20(31-3)21(14-17)34(29,30)26-10-12-32-13-11-26/h4-9,14H,10-13,15-16H2,1-3H3,(H,24,27). The predicted octanol–water partition coefficient (Wildman–Crippen LogP) is 1.36. The van der Waals surface area contributed by atoms with Gasteiger partial charge in [0.05, 0.1) is 26.7 Å². The van der Waals surface area contributed by atoms with E-state index in [4.69, 9.17) is 14.2 Å². The summed E-state index contributed by atoms with van der Waals surface area (Å²) in [5.74, 6) is 0.253. The van der Waals surface area contributed by atoms with Crippen molar-refractivity contribution in [1.82, 2.24) is 9.21 Å². The number of morpholine rings is 1. The molecule has 1 aliphatic rings. The first-order valence-electron chi connectivity index (χ1n) is 10.7. The van der Waals surface area contributed by atoms with Crippen LogP contribution in [0.15, 0.2) is 47.4 Å². The summed E-state index contributed by atoms with van der Waals surface area (Å²) in [5.41, 5.74) is 1.08. The van der Waals surface area contributed by atoms with Crippen molar-refractivity contribution in [1.29, 1.82) is 0 Å². The number of hydrogen-bond donors (Lipinski definition) is 1. The maximum absolute atomic E-state index is 13.1. The number of carbonyl (C=O) groups excluding carboxylic acids is 2. The number of sulfonamides is 1. The van der Waals surface area contributed by atoms with Gasteiger partial charge in [-0.05, 0) is 42.0 Å². The molecule has 11 heteroatoms. The SMILES string of the molecule is COc1ccc(CC(=O)Nc2ccc(OCC(=O)N(C)C)cc2)cc1S(=O)(=O)N1CCOCC1. The highest BCUT2D eigenvalue weighted by Crippen LogP contribution is 2.28. The van der Waals surface area contributed by atoms with Crippen LogP contribution >= 0.6 is 0 Å². The molecule has 10 nitrogen and oxygen atoms in total. The summed E-state index contributed by atoms with van der Waals surface area (Å²) in [5, 5.41) is 2.77. The summed E-state index contributed by atoms with van der Waals surface area (Å²) < 4.78 is 43.5. The molecule has 1 aliphatic heterocycles. The number of likely N-dealkylation sites (N-methyl/N-ethyl adjacent to an activating group) is 1. The van der Waals surface area contributed by atoms with E-state index in [1.807, 2.05) is 0 Å². The topological polar surface area (TPSA) is 114 Å². The third kappa shape index (κ3) is 6.46. The number of carbonyl (C=O) groups is 2. The van der Waals surface area contributed by atoms with Crippen molar-refractivity contribution in [3.63, 3.8) is 0 Å². The minimum Gasteiger partial charge on any atom is -0.495 e. The molecule has 1 saturated heterocycles. The lowest BCUT2D eigenvalue weighted by Gasteiger charge is -2.26. The Morgan fingerprint density at radius 1 is 1.09 bits per heavy atom. The van der Waals surface area contributed by atoms with Crippen LogP contribution in [-0.2, 0) is 30.8 Å². The van der Waals surface area contributed by atoms with Gasteiger partial charge in [-0.2, -0.15) is 4.31 Å². The molecule has 34 heavy (non-hydrogen) atoms. The Morgan fingerprint density at radius 3 is 2.38 bits per heavy atom. The van der Waals surface area contributed by atoms with Crippen LogP contribution < -0.4 is 14.8 Å². The molecule has 2 aromatic carbocycles. The molecule has 2 aromatic rings. The summed E-state index contributed by atoms with van der Waals surface area (Å²) in [6.45, 7) is 1.11. The van der Waals surface area contributed by atoms with E-state index in [-0.39, 0.29) is 48.6 Å². The van der Waals surface area contributed by atoms with Crippen molar-refractivity contribution >= 4 is 27.5 Å². The fourth-order valence-electron chi connectivity index (χ4n) is 3.26. The van der Waals surface area contributed by atoms with E-state index in [1.165, 1.54) is 22.4 Å². The Morgan fingerprint density at radius 2 is 1.76 bits per heavy atom. The molecule has 184 valence electrons. The Hall–Kier alpha value is -3.15. The largest absolute Gasteiger partial charge is 0.495 e. The monoisotopic (exact) mass is 491 g/mol. The number of anilines is 1. The van der Waals surface area contributed by atoms with Gasteiger partial charge in [-0.3, -0.25) is 9.59 Å². The molecule has 1 N–H and O–H groups in total. The second kappa shape index (κ2) is 11.3.